The van der Waals surface area contributed by atoms with E-state index in [0.29, 0.717) is 6.42 Å². The third-order valence-electron chi connectivity index (χ3n) is 7.37. The molecule has 1 fully saturated rings. The van der Waals surface area contributed by atoms with Crippen molar-refractivity contribution < 1.29 is 4.74 Å². The molecule has 6 rings (SSSR count). The number of fused-ring (bicyclic) bond motifs is 3. The molecule has 0 N–H and O–H groups in total. The number of benzene rings is 3. The summed E-state index contributed by atoms with van der Waals surface area (Å²) in [5.41, 5.74) is 5.24. The number of ether oxygens (including phenoxy) is 1. The molecule has 1 saturated carbocycles. The molecule has 1 aromatic heterocycles. The van der Waals surface area contributed by atoms with Crippen LogP contribution in [0.2, 0.25) is 0 Å². The molecular formula is C32H25N3O. The Morgan fingerprint density at radius 2 is 1.56 bits per heavy atom. The first-order chi connectivity index (χ1) is 17.7. The zero-order chi connectivity index (χ0) is 24.5. The van der Waals surface area contributed by atoms with Gasteiger partial charge in [0.2, 0.25) is 0 Å². The lowest BCUT2D eigenvalue weighted by Crippen LogP contribution is -2.31. The monoisotopic (exact) mass is 467 g/mol. The summed E-state index contributed by atoms with van der Waals surface area (Å²) in [6.07, 6.45) is 10.7. The minimum absolute atomic E-state index is 0.172. The van der Waals surface area contributed by atoms with E-state index in [0.717, 1.165) is 48.3 Å². The van der Waals surface area contributed by atoms with Crippen LogP contribution in [-0.2, 0) is 4.74 Å². The van der Waals surface area contributed by atoms with Crippen molar-refractivity contribution in [1.29, 1.82) is 5.26 Å². The highest BCUT2D eigenvalue weighted by Gasteiger charge is 2.39. The first kappa shape index (κ1) is 22.0. The van der Waals surface area contributed by atoms with Gasteiger partial charge in [0.1, 0.15) is 11.4 Å². The topological polar surface area (TPSA) is 42.3 Å². The Morgan fingerprint density at radius 1 is 0.917 bits per heavy atom. The Kier molecular flexibility index (Phi) is 5.44. The van der Waals surface area contributed by atoms with E-state index in [1.165, 1.54) is 21.8 Å². The standard InChI is InChI=1S/C32H25N3O/c1-34-29(22-33)24-20-26(36-32(21-24)18-6-7-19-32)17-14-23-12-15-25(16-13-23)35-30-10-4-2-8-27(30)28-9-3-5-11-31(28)35/h2-5,8-17,20H,6-7,18-19,21H2. The van der Waals surface area contributed by atoms with Crippen LogP contribution >= 0.6 is 0 Å². The van der Waals surface area contributed by atoms with Crippen LogP contribution in [-0.4, -0.2) is 10.2 Å². The van der Waals surface area contributed by atoms with Crippen LogP contribution in [0.1, 0.15) is 37.7 Å². The van der Waals surface area contributed by atoms with Crippen molar-refractivity contribution in [3.05, 3.63) is 119 Å². The molecule has 1 spiro atoms. The van der Waals surface area contributed by atoms with Crippen molar-refractivity contribution >= 4 is 27.9 Å². The third-order valence-corrected chi connectivity index (χ3v) is 7.37. The molecule has 4 heteroatoms. The van der Waals surface area contributed by atoms with Crippen LogP contribution in [0.15, 0.2) is 102 Å². The van der Waals surface area contributed by atoms with Crippen molar-refractivity contribution in [1.82, 2.24) is 4.57 Å². The van der Waals surface area contributed by atoms with Crippen LogP contribution in [0.5, 0.6) is 0 Å². The van der Waals surface area contributed by atoms with Gasteiger partial charge in [-0.15, -0.1) is 0 Å². The van der Waals surface area contributed by atoms with E-state index in [1.54, 1.807) is 0 Å². The molecule has 2 heterocycles. The van der Waals surface area contributed by atoms with Gasteiger partial charge in [-0.25, -0.2) is 10.1 Å². The molecule has 0 unspecified atom stereocenters. The van der Waals surface area contributed by atoms with Crippen molar-refractivity contribution in [3.8, 4) is 11.8 Å². The number of aromatic nitrogens is 1. The van der Waals surface area contributed by atoms with E-state index in [-0.39, 0.29) is 11.3 Å². The zero-order valence-electron chi connectivity index (χ0n) is 19.9. The van der Waals surface area contributed by atoms with Crippen molar-refractivity contribution in [3.63, 3.8) is 0 Å². The van der Waals surface area contributed by atoms with E-state index in [9.17, 15) is 5.26 Å². The quantitative estimate of drug-likeness (QED) is 0.226. The number of nitriles is 1. The summed E-state index contributed by atoms with van der Waals surface area (Å²) in [6.45, 7) is 7.39. The summed E-state index contributed by atoms with van der Waals surface area (Å²) >= 11 is 0. The lowest BCUT2D eigenvalue weighted by molar-refractivity contribution is 0.00776. The Balaban J connectivity index is 1.33. The molecule has 1 aliphatic carbocycles. The SMILES string of the molecule is [C-]#[N+]C(C#N)=C1C=C(C=Cc2ccc(-n3c4ccccc4c4ccccc43)cc2)OC2(CCCC2)C1. The highest BCUT2D eigenvalue weighted by Crippen LogP contribution is 2.44. The van der Waals surface area contributed by atoms with Gasteiger partial charge in [0, 0.05) is 22.9 Å². The summed E-state index contributed by atoms with van der Waals surface area (Å²) in [6, 6.07) is 27.6. The maximum atomic E-state index is 9.43. The van der Waals surface area contributed by atoms with Gasteiger partial charge in [-0.2, -0.15) is 0 Å². The van der Waals surface area contributed by atoms with Gasteiger partial charge in [-0.05, 0) is 73.2 Å². The van der Waals surface area contributed by atoms with E-state index < -0.39 is 0 Å². The van der Waals surface area contributed by atoms with Crippen LogP contribution in [0.4, 0.5) is 0 Å². The fourth-order valence-electron chi connectivity index (χ4n) is 5.70. The van der Waals surface area contributed by atoms with Crippen molar-refractivity contribution in [2.45, 2.75) is 37.7 Å². The van der Waals surface area contributed by atoms with Gasteiger partial charge in [-0.1, -0.05) is 54.6 Å². The minimum Gasteiger partial charge on any atom is -0.487 e. The fourth-order valence-corrected chi connectivity index (χ4v) is 5.70. The molecule has 174 valence electrons. The smallest absolute Gasteiger partial charge is 0.265 e. The molecule has 0 amide bonds. The summed E-state index contributed by atoms with van der Waals surface area (Å²) in [4.78, 5) is 3.46. The van der Waals surface area contributed by atoms with E-state index in [4.69, 9.17) is 11.3 Å². The number of nitrogens with zero attached hydrogens (tertiary/aromatic N) is 3. The van der Waals surface area contributed by atoms with Crippen LogP contribution in [0.25, 0.3) is 38.4 Å². The molecule has 0 radical (unpaired) electrons. The Morgan fingerprint density at radius 3 is 2.17 bits per heavy atom. The maximum absolute atomic E-state index is 9.43. The number of hydrogen-bond donors (Lipinski definition) is 0. The summed E-state index contributed by atoms with van der Waals surface area (Å²) in [5.74, 6) is 0.723. The maximum Gasteiger partial charge on any atom is 0.265 e. The van der Waals surface area contributed by atoms with E-state index in [2.05, 4.69) is 88.3 Å². The Bertz CT molecular complexity index is 1580. The van der Waals surface area contributed by atoms with Gasteiger partial charge >= 0.3 is 0 Å². The first-order valence-electron chi connectivity index (χ1n) is 12.4. The number of hydrogen-bond acceptors (Lipinski definition) is 2. The molecule has 3 aromatic carbocycles. The largest absolute Gasteiger partial charge is 0.487 e. The second-order valence-electron chi connectivity index (χ2n) is 9.61. The summed E-state index contributed by atoms with van der Waals surface area (Å²) in [7, 11) is 0. The summed E-state index contributed by atoms with van der Waals surface area (Å²) < 4.78 is 8.73. The molecule has 2 aliphatic rings. The van der Waals surface area contributed by atoms with Gasteiger partial charge in [0.05, 0.1) is 23.7 Å². The predicted octanol–water partition coefficient (Wildman–Crippen LogP) is 8.11. The normalized spacial score (nSPS) is 18.2. The van der Waals surface area contributed by atoms with Gasteiger partial charge in [-0.3, -0.25) is 0 Å². The van der Waals surface area contributed by atoms with E-state index in [1.807, 2.05) is 18.2 Å². The summed E-state index contributed by atoms with van der Waals surface area (Å²) in [5, 5.41) is 11.9. The number of allylic oxidation sites excluding steroid dienone is 3. The Hall–Kier alpha value is -4.54. The molecule has 0 saturated heterocycles. The molecule has 4 nitrogen and oxygen atoms in total. The van der Waals surface area contributed by atoms with Gasteiger partial charge < -0.3 is 9.30 Å². The minimum atomic E-state index is -0.281. The third kappa shape index (κ3) is 3.78. The Labute approximate surface area is 210 Å². The van der Waals surface area contributed by atoms with Crippen LogP contribution in [0, 0.1) is 17.9 Å². The number of para-hydroxylation sites is 2. The second-order valence-corrected chi connectivity index (χ2v) is 9.61. The second kappa shape index (κ2) is 8.91. The first-order valence-corrected chi connectivity index (χ1v) is 12.4. The molecule has 4 aromatic rings. The van der Waals surface area contributed by atoms with Crippen LogP contribution in [0.3, 0.4) is 0 Å². The fraction of sp³-hybridized carbons (Fsp3) is 0.188. The zero-order valence-corrected chi connectivity index (χ0v) is 19.9. The van der Waals surface area contributed by atoms with Crippen LogP contribution < -0.4 is 0 Å². The number of rotatable bonds is 3. The molecule has 1 aliphatic heterocycles. The van der Waals surface area contributed by atoms with Gasteiger partial charge in [0.15, 0.2) is 0 Å². The molecular weight excluding hydrogens is 442 g/mol. The molecule has 0 atom stereocenters. The molecule has 36 heavy (non-hydrogen) atoms. The van der Waals surface area contributed by atoms with Gasteiger partial charge in [0.25, 0.3) is 5.70 Å². The van der Waals surface area contributed by atoms with Crippen molar-refractivity contribution in [2.24, 2.45) is 0 Å². The van der Waals surface area contributed by atoms with Crippen molar-refractivity contribution in [2.75, 3.05) is 0 Å². The average molecular weight is 468 g/mol. The lowest BCUT2D eigenvalue weighted by Gasteiger charge is -2.35. The molecule has 0 bridgehead atoms. The predicted molar refractivity (Wildman–Crippen MR) is 144 cm³/mol. The van der Waals surface area contributed by atoms with E-state index >= 15 is 0 Å². The highest BCUT2D eigenvalue weighted by molar-refractivity contribution is 6.09. The highest BCUT2D eigenvalue weighted by atomic mass is 16.5. The lowest BCUT2D eigenvalue weighted by atomic mass is 9.88. The average Bonchev–Trinajstić information content (AvgIpc) is 3.50.